The molecule has 4 aliphatic carbocycles. The van der Waals surface area contributed by atoms with E-state index in [9.17, 15) is 9.90 Å². The number of hydrogen-bond acceptors (Lipinski definition) is 3. The van der Waals surface area contributed by atoms with Crippen molar-refractivity contribution in [3.8, 4) is 5.75 Å². The summed E-state index contributed by atoms with van der Waals surface area (Å²) in [5.74, 6) is 3.31. The molecular formula is C23H32N2O3. The quantitative estimate of drug-likeness (QED) is 0.838. The van der Waals surface area contributed by atoms with E-state index in [0.717, 1.165) is 54.7 Å². The Balaban J connectivity index is 1.23. The number of amides is 2. The molecule has 1 aromatic rings. The molecule has 0 radical (unpaired) electrons. The Hall–Kier alpha value is -1.75. The fraction of sp³-hybridized carbons (Fsp3) is 0.696. The molecule has 2 N–H and O–H groups in total. The van der Waals surface area contributed by atoms with Gasteiger partial charge in [-0.25, -0.2) is 4.79 Å². The highest BCUT2D eigenvalue weighted by atomic mass is 16.5. The van der Waals surface area contributed by atoms with Gasteiger partial charge in [0.2, 0.25) is 0 Å². The lowest BCUT2D eigenvalue weighted by Gasteiger charge is -2.57. The molecule has 0 spiro atoms. The van der Waals surface area contributed by atoms with Gasteiger partial charge in [0.05, 0.1) is 13.2 Å². The molecule has 2 amide bonds. The molecule has 28 heavy (non-hydrogen) atoms. The Labute approximate surface area is 167 Å². The van der Waals surface area contributed by atoms with Gasteiger partial charge in [0.25, 0.3) is 0 Å². The number of aliphatic hydroxyl groups excluding tert-OH is 1. The standard InChI is InChI=1S/C23H32N2O3/c1-28-19-4-2-3-18(10-19)20-5-6-25(14-21(20)26)22(27)24-23-11-15-7-16(12-23)9-17(8-15)13-23/h2-4,10,15-17,20-21,26H,5-9,11-14H2,1H3,(H,24,27)/t15?,16?,17?,20-,21-,23?/m1/s1. The molecule has 6 rings (SSSR count). The largest absolute Gasteiger partial charge is 0.497 e. The third-order valence-electron chi connectivity index (χ3n) is 7.80. The number of urea groups is 1. The van der Waals surface area contributed by atoms with Crippen molar-refractivity contribution in [1.82, 2.24) is 10.2 Å². The summed E-state index contributed by atoms with van der Waals surface area (Å²) >= 11 is 0. The topological polar surface area (TPSA) is 61.8 Å². The van der Waals surface area contributed by atoms with Crippen molar-refractivity contribution in [2.24, 2.45) is 17.8 Å². The number of hydrogen-bond donors (Lipinski definition) is 2. The van der Waals surface area contributed by atoms with Gasteiger partial charge < -0.3 is 20.1 Å². The van der Waals surface area contributed by atoms with Crippen molar-refractivity contribution in [3.05, 3.63) is 29.8 Å². The molecule has 5 nitrogen and oxygen atoms in total. The van der Waals surface area contributed by atoms with E-state index >= 15 is 0 Å². The van der Waals surface area contributed by atoms with Gasteiger partial charge in [-0.05, 0) is 80.4 Å². The highest BCUT2D eigenvalue weighted by Gasteiger charge is 2.52. The van der Waals surface area contributed by atoms with Crippen molar-refractivity contribution < 1.29 is 14.6 Å². The number of β-amino-alcohol motifs (C(OH)–C–C–N with tert-alkyl or cyclic N) is 1. The van der Waals surface area contributed by atoms with Gasteiger partial charge in [-0.3, -0.25) is 0 Å². The predicted molar refractivity (Wildman–Crippen MR) is 107 cm³/mol. The Morgan fingerprint density at radius 1 is 1.18 bits per heavy atom. The van der Waals surface area contributed by atoms with E-state index in [1.807, 2.05) is 29.2 Å². The van der Waals surface area contributed by atoms with E-state index in [4.69, 9.17) is 4.74 Å². The smallest absolute Gasteiger partial charge is 0.317 e. The molecule has 1 saturated heterocycles. The molecule has 5 heteroatoms. The average molecular weight is 385 g/mol. The molecule has 2 atom stereocenters. The zero-order valence-corrected chi connectivity index (χ0v) is 16.8. The van der Waals surface area contributed by atoms with Crippen molar-refractivity contribution >= 4 is 6.03 Å². The second kappa shape index (κ2) is 6.94. The van der Waals surface area contributed by atoms with Crippen LogP contribution in [0.5, 0.6) is 5.75 Å². The lowest BCUT2D eigenvalue weighted by Crippen LogP contribution is -2.63. The number of carbonyl (C=O) groups is 1. The first-order valence-electron chi connectivity index (χ1n) is 10.9. The zero-order valence-electron chi connectivity index (χ0n) is 16.8. The summed E-state index contributed by atoms with van der Waals surface area (Å²) in [6.45, 7) is 1.09. The number of rotatable bonds is 3. The molecule has 1 aliphatic heterocycles. The van der Waals surface area contributed by atoms with Crippen LogP contribution in [-0.2, 0) is 0 Å². The van der Waals surface area contributed by atoms with Crippen LogP contribution in [0.2, 0.25) is 0 Å². The third-order valence-corrected chi connectivity index (χ3v) is 7.80. The Morgan fingerprint density at radius 2 is 1.86 bits per heavy atom. The normalized spacial score (nSPS) is 39.1. The molecule has 0 aromatic heterocycles. The van der Waals surface area contributed by atoms with Gasteiger partial charge in [-0.1, -0.05) is 12.1 Å². The second-order valence-electron chi connectivity index (χ2n) is 9.81. The van der Waals surface area contributed by atoms with Crippen LogP contribution in [0, 0.1) is 17.8 Å². The minimum Gasteiger partial charge on any atom is -0.497 e. The van der Waals surface area contributed by atoms with Crippen LogP contribution in [0.3, 0.4) is 0 Å². The highest BCUT2D eigenvalue weighted by Crippen LogP contribution is 2.55. The summed E-state index contributed by atoms with van der Waals surface area (Å²) in [7, 11) is 1.66. The SMILES string of the molecule is COc1cccc([C@H]2CCN(C(=O)NC34CC5CC(CC(C5)C3)C4)C[C@H]2O)c1. The van der Waals surface area contributed by atoms with E-state index in [1.54, 1.807) is 7.11 Å². The van der Waals surface area contributed by atoms with Crippen molar-refractivity contribution in [2.75, 3.05) is 20.2 Å². The van der Waals surface area contributed by atoms with Crippen LogP contribution in [0.1, 0.15) is 56.4 Å². The average Bonchev–Trinajstić information content (AvgIpc) is 2.66. The van der Waals surface area contributed by atoms with E-state index in [2.05, 4.69) is 5.32 Å². The number of nitrogens with zero attached hydrogens (tertiary/aromatic N) is 1. The Kier molecular flexibility index (Phi) is 4.53. The van der Waals surface area contributed by atoms with Crippen molar-refractivity contribution in [1.29, 1.82) is 0 Å². The maximum atomic E-state index is 13.1. The van der Waals surface area contributed by atoms with Crippen LogP contribution in [-0.4, -0.2) is 47.9 Å². The van der Waals surface area contributed by atoms with Gasteiger partial charge in [0.1, 0.15) is 5.75 Å². The van der Waals surface area contributed by atoms with E-state index < -0.39 is 6.10 Å². The lowest BCUT2D eigenvalue weighted by atomic mass is 9.53. The number of nitrogens with one attached hydrogen (secondary N) is 1. The fourth-order valence-corrected chi connectivity index (χ4v) is 6.95. The number of benzene rings is 1. The van der Waals surface area contributed by atoms with Crippen LogP contribution < -0.4 is 10.1 Å². The predicted octanol–water partition coefficient (Wildman–Crippen LogP) is 3.52. The highest BCUT2D eigenvalue weighted by molar-refractivity contribution is 5.75. The third kappa shape index (κ3) is 3.28. The first-order chi connectivity index (χ1) is 13.5. The number of methoxy groups -OCH3 is 1. The minimum absolute atomic E-state index is 0.0282. The molecule has 4 saturated carbocycles. The van der Waals surface area contributed by atoms with Crippen LogP contribution in [0.25, 0.3) is 0 Å². The monoisotopic (exact) mass is 384 g/mol. The van der Waals surface area contributed by atoms with Gasteiger partial charge in [-0.15, -0.1) is 0 Å². The van der Waals surface area contributed by atoms with Crippen LogP contribution in [0.15, 0.2) is 24.3 Å². The first kappa shape index (κ1) is 18.3. The van der Waals surface area contributed by atoms with E-state index in [-0.39, 0.29) is 17.5 Å². The van der Waals surface area contributed by atoms with Crippen LogP contribution >= 0.6 is 0 Å². The lowest BCUT2D eigenvalue weighted by molar-refractivity contribution is -0.0179. The molecule has 0 unspecified atom stereocenters. The molecule has 1 heterocycles. The summed E-state index contributed by atoms with van der Waals surface area (Å²) in [6, 6.07) is 7.96. The summed E-state index contributed by atoms with van der Waals surface area (Å²) in [4.78, 5) is 14.9. The molecule has 5 aliphatic rings. The number of ether oxygens (including phenoxy) is 1. The summed E-state index contributed by atoms with van der Waals surface area (Å²) in [5, 5.41) is 14.2. The Bertz CT molecular complexity index is 714. The summed E-state index contributed by atoms with van der Waals surface area (Å²) in [5.41, 5.74) is 1.12. The van der Waals surface area contributed by atoms with Gasteiger partial charge in [0.15, 0.2) is 0 Å². The van der Waals surface area contributed by atoms with E-state index in [1.165, 1.54) is 19.3 Å². The zero-order chi connectivity index (χ0) is 19.3. The van der Waals surface area contributed by atoms with Crippen molar-refractivity contribution in [3.63, 3.8) is 0 Å². The number of piperidine rings is 1. The molecule has 4 bridgehead atoms. The molecule has 5 fully saturated rings. The van der Waals surface area contributed by atoms with Crippen molar-refractivity contribution in [2.45, 2.75) is 62.5 Å². The van der Waals surface area contributed by atoms with Gasteiger partial charge in [0, 0.05) is 24.5 Å². The first-order valence-corrected chi connectivity index (χ1v) is 10.9. The minimum atomic E-state index is -0.539. The molecular weight excluding hydrogens is 352 g/mol. The fourth-order valence-electron chi connectivity index (χ4n) is 6.95. The maximum Gasteiger partial charge on any atom is 0.317 e. The number of aliphatic hydroxyl groups is 1. The molecule has 152 valence electrons. The Morgan fingerprint density at radius 3 is 2.46 bits per heavy atom. The summed E-state index contributed by atoms with van der Waals surface area (Å²) in [6.07, 6.45) is 7.85. The maximum absolute atomic E-state index is 13.1. The second-order valence-corrected chi connectivity index (χ2v) is 9.81. The van der Waals surface area contributed by atoms with Gasteiger partial charge >= 0.3 is 6.03 Å². The van der Waals surface area contributed by atoms with E-state index in [0.29, 0.717) is 13.1 Å². The van der Waals surface area contributed by atoms with Crippen LogP contribution in [0.4, 0.5) is 4.79 Å². The summed E-state index contributed by atoms with van der Waals surface area (Å²) < 4.78 is 5.32. The van der Waals surface area contributed by atoms with Gasteiger partial charge in [-0.2, -0.15) is 0 Å². The number of likely N-dealkylation sites (tertiary alicyclic amines) is 1. The number of carbonyl (C=O) groups excluding carboxylic acids is 1. The molecule has 1 aromatic carbocycles.